The van der Waals surface area contributed by atoms with Crippen molar-refractivity contribution in [1.29, 1.82) is 0 Å². The lowest BCUT2D eigenvalue weighted by Gasteiger charge is -2.31. The molecule has 8 heterocycles. The number of hydrogen-bond donors (Lipinski definition) is 0. The molecule has 10 rings (SSSR count). The fraction of sp³-hybridized carbons (Fsp3) is 0.200. The number of fused-ring (bicyclic) bond motifs is 2. The van der Waals surface area contributed by atoms with Gasteiger partial charge in [-0.15, -0.1) is 0 Å². The van der Waals surface area contributed by atoms with E-state index in [0.29, 0.717) is 60.1 Å². The Bertz CT molecular complexity index is 2960. The summed E-state index contributed by atoms with van der Waals surface area (Å²) in [6.45, 7) is 9.05. The van der Waals surface area contributed by atoms with Gasteiger partial charge in [-0.3, -0.25) is 19.6 Å². The molecule has 0 radical (unpaired) electrons. The Morgan fingerprint density at radius 2 is 0.985 bits per heavy atom. The van der Waals surface area contributed by atoms with Crippen LogP contribution in [0.2, 0.25) is 0 Å². The number of pyridine rings is 4. The Labute approximate surface area is 386 Å². The lowest BCUT2D eigenvalue weighted by Crippen LogP contribution is -2.38. The van der Waals surface area contributed by atoms with Gasteiger partial charge in [0.1, 0.15) is 22.9 Å². The number of hydrogen-bond acceptors (Lipinski definition) is 10. The molecule has 2 amide bonds. The summed E-state index contributed by atoms with van der Waals surface area (Å²) in [5.74, 6) is -2.32. The molecule has 0 aliphatic carbocycles. The molecule has 2 atom stereocenters. The SMILES string of the molecule is C=CC(=O)N1CCC[C@@H](c2nn(-c3ccc(Oc4ccccc4)nc3F)c3cncc(F)c23)C1.C=CC(=O)N1CCC[C@H](c2nn(-c3ccc(Oc4ccccc4)nc3F)c3cncc(F)c23)C1. The number of likely N-dealkylation sites (tertiary alicyclic amines) is 2. The molecule has 14 nitrogen and oxygen atoms in total. The molecule has 0 unspecified atom stereocenters. The largest absolute Gasteiger partial charge is 0.439 e. The molecular formula is C50H42F4N10O4. The standard InChI is InChI=1S/2C25H21F2N5O2/c2*1-2-22(33)31-12-6-7-16(15-31)24-23-18(26)13-28-14-20(23)32(30-24)19-10-11-21(29-25(19)27)34-17-8-4-3-5-9-17/h2*2-5,8-11,13-14,16H,1,6-7,12,15H2/t2*16-/m10/s1. The predicted octanol–water partition coefficient (Wildman–Crippen LogP) is 9.56. The van der Waals surface area contributed by atoms with Gasteiger partial charge in [-0.2, -0.15) is 28.9 Å². The summed E-state index contributed by atoms with van der Waals surface area (Å²) in [6, 6.07) is 23.8. The summed E-state index contributed by atoms with van der Waals surface area (Å²) in [4.78, 5) is 43.3. The van der Waals surface area contributed by atoms with Gasteiger partial charge in [-0.05, 0) is 74.2 Å². The fourth-order valence-corrected chi connectivity index (χ4v) is 8.57. The molecule has 2 saturated heterocycles. The topological polar surface area (TPSA) is 146 Å². The van der Waals surface area contributed by atoms with E-state index in [1.165, 1.54) is 58.2 Å². The second-order valence-electron chi connectivity index (χ2n) is 16.0. The molecular weight excluding hydrogens is 881 g/mol. The maximum atomic E-state index is 15.1. The van der Waals surface area contributed by atoms with Crippen LogP contribution in [-0.2, 0) is 9.59 Å². The van der Waals surface area contributed by atoms with Gasteiger partial charge < -0.3 is 19.3 Å². The quantitative estimate of drug-likeness (QED) is 0.0739. The highest BCUT2D eigenvalue weighted by Gasteiger charge is 2.31. The fourth-order valence-electron chi connectivity index (χ4n) is 8.57. The summed E-state index contributed by atoms with van der Waals surface area (Å²) in [6.07, 6.45) is 10.6. The van der Waals surface area contributed by atoms with Crippen molar-refractivity contribution < 1.29 is 36.6 Å². The van der Waals surface area contributed by atoms with Crippen LogP contribution in [0.1, 0.15) is 48.9 Å². The monoisotopic (exact) mass is 922 g/mol. The van der Waals surface area contributed by atoms with Gasteiger partial charge in [0.2, 0.25) is 35.5 Å². The number of aromatic nitrogens is 8. The van der Waals surface area contributed by atoms with Crippen LogP contribution >= 0.6 is 0 Å². The normalized spacial score (nSPS) is 15.9. The number of piperidine rings is 2. The van der Waals surface area contributed by atoms with Gasteiger partial charge in [0, 0.05) is 50.1 Å². The molecule has 68 heavy (non-hydrogen) atoms. The summed E-state index contributed by atoms with van der Waals surface area (Å²) >= 11 is 0. The number of benzene rings is 2. The van der Waals surface area contributed by atoms with E-state index in [9.17, 15) is 18.4 Å². The van der Waals surface area contributed by atoms with Crippen molar-refractivity contribution in [2.75, 3.05) is 26.2 Å². The lowest BCUT2D eigenvalue weighted by atomic mass is 9.93. The highest BCUT2D eigenvalue weighted by atomic mass is 19.1. The molecule has 2 fully saturated rings. The molecule has 344 valence electrons. The lowest BCUT2D eigenvalue weighted by molar-refractivity contribution is -0.127. The van der Waals surface area contributed by atoms with E-state index in [2.05, 4.69) is 43.3 Å². The van der Waals surface area contributed by atoms with E-state index in [1.54, 1.807) is 58.3 Å². The number of amides is 2. The van der Waals surface area contributed by atoms with Crippen LogP contribution in [0.4, 0.5) is 17.6 Å². The number of rotatable bonds is 10. The third-order valence-electron chi connectivity index (χ3n) is 11.7. The molecule has 0 saturated carbocycles. The number of carbonyl (C=O) groups is 2. The zero-order valence-electron chi connectivity index (χ0n) is 36.4. The number of ether oxygens (including phenoxy) is 2. The van der Waals surface area contributed by atoms with Gasteiger partial charge in [0.05, 0.1) is 58.0 Å². The third kappa shape index (κ3) is 9.25. The summed E-state index contributed by atoms with van der Waals surface area (Å²) < 4.78 is 73.9. The van der Waals surface area contributed by atoms with Gasteiger partial charge in [0.25, 0.3) is 0 Å². The number of halogens is 4. The minimum absolute atomic E-state index is 0.0406. The van der Waals surface area contributed by atoms with Gasteiger partial charge in [0.15, 0.2) is 11.6 Å². The predicted molar refractivity (Wildman–Crippen MR) is 244 cm³/mol. The van der Waals surface area contributed by atoms with Crippen molar-refractivity contribution in [2.45, 2.75) is 37.5 Å². The Kier molecular flexibility index (Phi) is 13.0. The first-order chi connectivity index (χ1) is 33.1. The van der Waals surface area contributed by atoms with Gasteiger partial charge in [-0.25, -0.2) is 18.1 Å². The van der Waals surface area contributed by atoms with Crippen molar-refractivity contribution in [3.8, 4) is 34.6 Å². The third-order valence-corrected chi connectivity index (χ3v) is 11.7. The van der Waals surface area contributed by atoms with Gasteiger partial charge >= 0.3 is 0 Å². The van der Waals surface area contributed by atoms with Crippen LogP contribution < -0.4 is 9.47 Å². The molecule has 6 aromatic heterocycles. The van der Waals surface area contributed by atoms with E-state index < -0.39 is 23.5 Å². The highest BCUT2D eigenvalue weighted by molar-refractivity contribution is 5.88. The van der Waals surface area contributed by atoms with E-state index >= 15 is 8.78 Å². The zero-order valence-corrected chi connectivity index (χ0v) is 36.4. The number of nitrogens with zero attached hydrogens (tertiary/aromatic N) is 10. The van der Waals surface area contributed by atoms with E-state index in [-0.39, 0.29) is 57.6 Å². The van der Waals surface area contributed by atoms with Crippen LogP contribution in [0.5, 0.6) is 23.3 Å². The first kappa shape index (κ1) is 44.9. The summed E-state index contributed by atoms with van der Waals surface area (Å²) in [5, 5.41) is 9.70. The Balaban J connectivity index is 0.000000170. The van der Waals surface area contributed by atoms with Crippen LogP contribution in [0, 0.1) is 23.5 Å². The molecule has 2 aliphatic heterocycles. The smallest absolute Gasteiger partial charge is 0.245 e. The molecule has 0 spiro atoms. The van der Waals surface area contributed by atoms with Crippen molar-refractivity contribution in [2.24, 2.45) is 0 Å². The van der Waals surface area contributed by atoms with Crippen LogP contribution in [0.3, 0.4) is 0 Å². The number of carbonyl (C=O) groups excluding carboxylic acids is 2. The zero-order chi connectivity index (χ0) is 47.3. The minimum Gasteiger partial charge on any atom is -0.439 e. The van der Waals surface area contributed by atoms with Crippen LogP contribution in [-0.4, -0.2) is 87.3 Å². The molecule has 0 bridgehead atoms. The van der Waals surface area contributed by atoms with E-state index in [1.807, 2.05) is 12.1 Å². The second-order valence-corrected chi connectivity index (χ2v) is 16.0. The molecule has 2 aromatic carbocycles. The number of para-hydroxylation sites is 2. The van der Waals surface area contributed by atoms with Crippen molar-refractivity contribution in [3.63, 3.8) is 0 Å². The van der Waals surface area contributed by atoms with Crippen molar-refractivity contribution in [1.82, 2.24) is 49.3 Å². The first-order valence-electron chi connectivity index (χ1n) is 21.8. The Hall–Kier alpha value is -8.28. The van der Waals surface area contributed by atoms with Gasteiger partial charge in [-0.1, -0.05) is 49.6 Å². The Morgan fingerprint density at radius 3 is 1.37 bits per heavy atom. The van der Waals surface area contributed by atoms with Crippen molar-refractivity contribution >= 4 is 33.6 Å². The highest BCUT2D eigenvalue weighted by Crippen LogP contribution is 2.37. The second kappa shape index (κ2) is 19.7. The maximum absolute atomic E-state index is 15.1. The van der Waals surface area contributed by atoms with Crippen LogP contribution in [0.15, 0.2) is 135 Å². The summed E-state index contributed by atoms with van der Waals surface area (Å²) in [7, 11) is 0. The van der Waals surface area contributed by atoms with Crippen molar-refractivity contribution in [3.05, 3.63) is 170 Å². The minimum atomic E-state index is -0.819. The maximum Gasteiger partial charge on any atom is 0.245 e. The molecule has 0 N–H and O–H groups in total. The average Bonchev–Trinajstić information content (AvgIpc) is 3.96. The van der Waals surface area contributed by atoms with Crippen LogP contribution in [0.25, 0.3) is 33.2 Å². The Morgan fingerprint density at radius 1 is 0.574 bits per heavy atom. The average molecular weight is 923 g/mol. The van der Waals surface area contributed by atoms with E-state index in [0.717, 1.165) is 38.1 Å². The first-order valence-corrected chi connectivity index (χ1v) is 21.8. The molecule has 2 aliphatic rings. The molecule has 18 heteroatoms. The van der Waals surface area contributed by atoms with E-state index in [4.69, 9.17) is 9.47 Å². The summed E-state index contributed by atoms with van der Waals surface area (Å²) in [5.41, 5.74) is 1.64. The molecule has 8 aromatic rings.